The van der Waals surface area contributed by atoms with Crippen molar-refractivity contribution in [3.63, 3.8) is 0 Å². The molecule has 1 aromatic carbocycles. The number of likely N-dealkylation sites (tertiary alicyclic amines) is 1. The lowest BCUT2D eigenvalue weighted by atomic mass is 9.98. The minimum Gasteiger partial charge on any atom is -0.466 e. The van der Waals surface area contributed by atoms with Crippen LogP contribution in [0.2, 0.25) is 10.0 Å². The summed E-state index contributed by atoms with van der Waals surface area (Å²) in [5, 5.41) is 0.857. The number of piperidine rings is 1. The minimum absolute atomic E-state index is 0.00467. The predicted molar refractivity (Wildman–Crippen MR) is 97.7 cm³/mol. The molecule has 1 aliphatic heterocycles. The third-order valence-corrected chi connectivity index (χ3v) is 5.72. The third kappa shape index (κ3) is 5.04. The molecule has 0 spiro atoms. The molecule has 24 heavy (non-hydrogen) atoms. The Kier molecular flexibility index (Phi) is 7.26. The number of amides is 1. The second-order valence-corrected chi connectivity index (χ2v) is 7.94. The van der Waals surface area contributed by atoms with Crippen molar-refractivity contribution >= 4 is 46.8 Å². The molecule has 0 N–H and O–H groups in total. The number of halogens is 2. The molecule has 1 aliphatic rings. The number of hydrogen-bond donors (Lipinski definition) is 0. The number of thioether (sulfide) groups is 1. The van der Waals surface area contributed by atoms with Crippen molar-refractivity contribution in [3.05, 3.63) is 28.2 Å². The molecular weight excluding hydrogens is 369 g/mol. The summed E-state index contributed by atoms with van der Waals surface area (Å²) in [5.74, 6) is -0.437. The molecule has 2 rings (SSSR count). The van der Waals surface area contributed by atoms with Crippen molar-refractivity contribution in [1.82, 2.24) is 4.90 Å². The molecule has 1 heterocycles. The quantitative estimate of drug-likeness (QED) is 0.556. The zero-order valence-corrected chi connectivity index (χ0v) is 16.1. The number of carbonyl (C=O) groups excluding carboxylic acids is 2. The molecule has 2 unspecified atom stereocenters. The van der Waals surface area contributed by atoms with Gasteiger partial charge in [0.1, 0.15) is 0 Å². The van der Waals surface area contributed by atoms with Crippen molar-refractivity contribution in [2.24, 2.45) is 5.92 Å². The summed E-state index contributed by atoms with van der Waals surface area (Å²) in [5.41, 5.74) is 0. The Bertz CT molecular complexity index is 611. The lowest BCUT2D eigenvalue weighted by molar-refractivity contribution is -0.151. The van der Waals surface area contributed by atoms with Crippen molar-refractivity contribution in [2.75, 3.05) is 19.7 Å². The van der Waals surface area contributed by atoms with E-state index in [0.717, 1.165) is 17.7 Å². The maximum Gasteiger partial charge on any atom is 0.310 e. The van der Waals surface area contributed by atoms with Gasteiger partial charge in [0.15, 0.2) is 0 Å². The Morgan fingerprint density at radius 3 is 2.88 bits per heavy atom. The average molecular weight is 390 g/mol. The van der Waals surface area contributed by atoms with Crippen LogP contribution in [0.5, 0.6) is 0 Å². The molecule has 1 fully saturated rings. The van der Waals surface area contributed by atoms with E-state index in [2.05, 4.69) is 0 Å². The van der Waals surface area contributed by atoms with Crippen LogP contribution in [0.25, 0.3) is 0 Å². The Balaban J connectivity index is 1.99. The Hall–Kier alpha value is -0.910. The first-order valence-electron chi connectivity index (χ1n) is 7.99. The molecule has 1 aromatic rings. The summed E-state index contributed by atoms with van der Waals surface area (Å²) in [4.78, 5) is 27.1. The van der Waals surface area contributed by atoms with Crippen LogP contribution in [0.3, 0.4) is 0 Å². The zero-order valence-electron chi connectivity index (χ0n) is 13.8. The van der Waals surface area contributed by atoms with Crippen LogP contribution in [0, 0.1) is 5.92 Å². The molecule has 1 amide bonds. The SMILES string of the molecule is CCOC(=O)C1CCCN(C(=O)C(C)Sc2cc(Cl)ccc2Cl)C1. The highest BCUT2D eigenvalue weighted by molar-refractivity contribution is 8.00. The van der Waals surface area contributed by atoms with Gasteiger partial charge in [-0.2, -0.15) is 0 Å². The summed E-state index contributed by atoms with van der Waals surface area (Å²) >= 11 is 13.5. The van der Waals surface area contributed by atoms with Crippen LogP contribution >= 0.6 is 35.0 Å². The number of nitrogens with zero attached hydrogens (tertiary/aromatic N) is 1. The van der Waals surface area contributed by atoms with Gasteiger partial charge in [-0.3, -0.25) is 9.59 Å². The molecule has 0 saturated carbocycles. The summed E-state index contributed by atoms with van der Waals surface area (Å²) < 4.78 is 5.08. The number of hydrogen-bond acceptors (Lipinski definition) is 4. The summed E-state index contributed by atoms with van der Waals surface area (Å²) in [6.07, 6.45) is 1.58. The maximum absolute atomic E-state index is 12.7. The van der Waals surface area contributed by atoms with Crippen LogP contribution in [0.1, 0.15) is 26.7 Å². The van der Waals surface area contributed by atoms with E-state index in [1.165, 1.54) is 11.8 Å². The van der Waals surface area contributed by atoms with Crippen LogP contribution < -0.4 is 0 Å². The number of carbonyl (C=O) groups is 2. The van der Waals surface area contributed by atoms with Gasteiger partial charge in [-0.1, -0.05) is 23.2 Å². The molecule has 0 radical (unpaired) electrons. The van der Waals surface area contributed by atoms with Gasteiger partial charge in [0.2, 0.25) is 5.91 Å². The minimum atomic E-state index is -0.304. The van der Waals surface area contributed by atoms with Crippen LogP contribution in [-0.2, 0) is 14.3 Å². The van der Waals surface area contributed by atoms with E-state index in [1.807, 2.05) is 6.92 Å². The maximum atomic E-state index is 12.7. The number of benzene rings is 1. The van der Waals surface area contributed by atoms with Crippen LogP contribution in [0.4, 0.5) is 0 Å². The topological polar surface area (TPSA) is 46.6 Å². The molecule has 4 nitrogen and oxygen atoms in total. The number of ether oxygens (including phenoxy) is 1. The summed E-state index contributed by atoms with van der Waals surface area (Å²) in [7, 11) is 0. The van der Waals surface area contributed by atoms with Crippen LogP contribution in [-0.4, -0.2) is 41.7 Å². The molecule has 7 heteroatoms. The van der Waals surface area contributed by atoms with E-state index in [4.69, 9.17) is 27.9 Å². The molecular formula is C17H21Cl2NO3S. The fraction of sp³-hybridized carbons (Fsp3) is 0.529. The van der Waals surface area contributed by atoms with Crippen molar-refractivity contribution in [2.45, 2.75) is 36.8 Å². The highest BCUT2D eigenvalue weighted by atomic mass is 35.5. The monoisotopic (exact) mass is 389 g/mol. The number of esters is 1. The van der Waals surface area contributed by atoms with Gasteiger partial charge in [-0.05, 0) is 44.9 Å². The smallest absolute Gasteiger partial charge is 0.310 e. The van der Waals surface area contributed by atoms with Gasteiger partial charge in [0, 0.05) is 23.0 Å². The molecule has 0 bridgehead atoms. The Labute approximate surface area is 156 Å². The Morgan fingerprint density at radius 1 is 1.42 bits per heavy atom. The molecule has 132 valence electrons. The van der Waals surface area contributed by atoms with Gasteiger partial charge in [-0.15, -0.1) is 11.8 Å². The molecule has 2 atom stereocenters. The standard InChI is InChI=1S/C17H21Cl2NO3S/c1-3-23-17(22)12-5-4-8-20(10-12)16(21)11(2)24-15-9-13(18)6-7-14(15)19/h6-7,9,11-12H,3-5,8,10H2,1-2H3. The molecule has 0 aromatic heterocycles. The largest absolute Gasteiger partial charge is 0.466 e. The lowest BCUT2D eigenvalue weighted by Gasteiger charge is -2.33. The lowest BCUT2D eigenvalue weighted by Crippen LogP contribution is -2.45. The fourth-order valence-corrected chi connectivity index (χ4v) is 4.19. The summed E-state index contributed by atoms with van der Waals surface area (Å²) in [6.45, 7) is 5.09. The van der Waals surface area contributed by atoms with Crippen molar-refractivity contribution in [3.8, 4) is 0 Å². The van der Waals surface area contributed by atoms with Crippen molar-refractivity contribution < 1.29 is 14.3 Å². The van der Waals surface area contributed by atoms with Gasteiger partial charge >= 0.3 is 5.97 Å². The zero-order chi connectivity index (χ0) is 17.7. The third-order valence-electron chi connectivity index (χ3n) is 3.90. The van der Waals surface area contributed by atoms with E-state index in [1.54, 1.807) is 30.0 Å². The first-order chi connectivity index (χ1) is 11.4. The fourth-order valence-electron chi connectivity index (χ4n) is 2.70. The Morgan fingerprint density at radius 2 is 2.17 bits per heavy atom. The van der Waals surface area contributed by atoms with Gasteiger partial charge in [-0.25, -0.2) is 0 Å². The first-order valence-corrected chi connectivity index (χ1v) is 9.63. The number of rotatable bonds is 5. The van der Waals surface area contributed by atoms with E-state index < -0.39 is 0 Å². The van der Waals surface area contributed by atoms with E-state index in [0.29, 0.717) is 29.7 Å². The second-order valence-electron chi connectivity index (χ2n) is 5.71. The van der Waals surface area contributed by atoms with E-state index >= 15 is 0 Å². The van der Waals surface area contributed by atoms with Crippen molar-refractivity contribution in [1.29, 1.82) is 0 Å². The van der Waals surface area contributed by atoms with Crippen LogP contribution in [0.15, 0.2) is 23.1 Å². The highest BCUT2D eigenvalue weighted by Gasteiger charge is 2.31. The normalized spacial score (nSPS) is 19.0. The second kappa shape index (κ2) is 8.97. The average Bonchev–Trinajstić information content (AvgIpc) is 2.57. The first kappa shape index (κ1) is 19.4. The van der Waals surface area contributed by atoms with Gasteiger partial charge in [0.05, 0.1) is 22.8 Å². The summed E-state index contributed by atoms with van der Waals surface area (Å²) in [6, 6.07) is 5.20. The van der Waals surface area contributed by atoms with E-state index in [-0.39, 0.29) is 23.0 Å². The highest BCUT2D eigenvalue weighted by Crippen LogP contribution is 2.33. The van der Waals surface area contributed by atoms with Gasteiger partial charge < -0.3 is 9.64 Å². The van der Waals surface area contributed by atoms with E-state index in [9.17, 15) is 9.59 Å². The molecule has 0 aliphatic carbocycles. The van der Waals surface area contributed by atoms with Gasteiger partial charge in [0.25, 0.3) is 0 Å². The molecule has 1 saturated heterocycles. The predicted octanol–water partition coefficient (Wildman–Crippen LogP) is 4.28.